The number of aromatic nitrogens is 4. The summed E-state index contributed by atoms with van der Waals surface area (Å²) >= 11 is 0. The molecule has 2 amide bonds. The van der Waals surface area contributed by atoms with Crippen LogP contribution in [0.15, 0.2) is 30.9 Å². The lowest BCUT2D eigenvalue weighted by Gasteiger charge is -2.34. The SMILES string of the molecule is Cc1cn2cc(NC(=O)c3cnc(N4CC[C@@H](C5(N(C)C(=O)OC(C)(C)C)CC5)C4)cn3)cc(F)c2n1. The van der Waals surface area contributed by atoms with Crippen molar-refractivity contribution in [2.24, 2.45) is 5.92 Å². The van der Waals surface area contributed by atoms with E-state index in [4.69, 9.17) is 4.74 Å². The zero-order valence-corrected chi connectivity index (χ0v) is 21.8. The van der Waals surface area contributed by atoms with Crippen molar-refractivity contribution in [2.45, 2.75) is 58.1 Å². The van der Waals surface area contributed by atoms with Crippen LogP contribution in [0.25, 0.3) is 5.65 Å². The molecule has 0 bridgehead atoms. The molecule has 1 atom stereocenters. The Morgan fingerprint density at radius 2 is 1.97 bits per heavy atom. The molecule has 10 nitrogen and oxygen atoms in total. The predicted octanol–water partition coefficient (Wildman–Crippen LogP) is 4.05. The van der Waals surface area contributed by atoms with Crippen LogP contribution in [0.2, 0.25) is 0 Å². The predicted molar refractivity (Wildman–Crippen MR) is 136 cm³/mol. The van der Waals surface area contributed by atoms with E-state index in [-0.39, 0.29) is 23.0 Å². The van der Waals surface area contributed by atoms with Crippen LogP contribution >= 0.6 is 0 Å². The number of carbonyl (C=O) groups is 2. The molecule has 0 aromatic carbocycles. The van der Waals surface area contributed by atoms with Crippen LogP contribution in [0.4, 0.5) is 20.7 Å². The Bertz CT molecular complexity index is 1340. The van der Waals surface area contributed by atoms with Crippen molar-refractivity contribution >= 4 is 29.2 Å². The van der Waals surface area contributed by atoms with Crippen LogP contribution in [-0.4, -0.2) is 67.5 Å². The number of fused-ring (bicyclic) bond motifs is 1. The van der Waals surface area contributed by atoms with Gasteiger partial charge in [-0.1, -0.05) is 0 Å². The summed E-state index contributed by atoms with van der Waals surface area (Å²) < 4.78 is 21.5. The van der Waals surface area contributed by atoms with Crippen molar-refractivity contribution in [3.05, 3.63) is 48.1 Å². The van der Waals surface area contributed by atoms with Gasteiger partial charge in [0.25, 0.3) is 5.91 Å². The Hall–Kier alpha value is -3.76. The molecule has 2 fully saturated rings. The van der Waals surface area contributed by atoms with Crippen molar-refractivity contribution in [3.8, 4) is 0 Å². The van der Waals surface area contributed by atoms with Gasteiger partial charge in [-0.2, -0.15) is 0 Å². The summed E-state index contributed by atoms with van der Waals surface area (Å²) in [5.41, 5.74) is 0.585. The summed E-state index contributed by atoms with van der Waals surface area (Å²) in [5.74, 6) is -0.0333. The van der Waals surface area contributed by atoms with Crippen molar-refractivity contribution in [1.82, 2.24) is 24.3 Å². The van der Waals surface area contributed by atoms with Crippen LogP contribution in [0, 0.1) is 18.7 Å². The summed E-state index contributed by atoms with van der Waals surface area (Å²) in [5, 5.41) is 2.67. The highest BCUT2D eigenvalue weighted by molar-refractivity contribution is 6.02. The van der Waals surface area contributed by atoms with E-state index >= 15 is 0 Å². The highest BCUT2D eigenvalue weighted by Gasteiger charge is 2.56. The molecule has 1 saturated carbocycles. The molecule has 0 spiro atoms. The van der Waals surface area contributed by atoms with Gasteiger partial charge in [-0.3, -0.25) is 4.79 Å². The maximum atomic E-state index is 14.3. The number of nitrogens with one attached hydrogen (secondary N) is 1. The summed E-state index contributed by atoms with van der Waals surface area (Å²) in [6.07, 6.45) is 8.84. The van der Waals surface area contributed by atoms with E-state index in [1.165, 1.54) is 16.7 Å². The second kappa shape index (κ2) is 8.97. The average Bonchev–Trinajstić information content (AvgIpc) is 3.30. The van der Waals surface area contributed by atoms with Crippen LogP contribution in [-0.2, 0) is 4.74 Å². The minimum Gasteiger partial charge on any atom is -0.444 e. The van der Waals surface area contributed by atoms with Gasteiger partial charge in [-0.25, -0.2) is 24.1 Å². The summed E-state index contributed by atoms with van der Waals surface area (Å²) in [6, 6.07) is 1.23. The molecule has 3 aromatic rings. The lowest BCUT2D eigenvalue weighted by atomic mass is 9.95. The summed E-state index contributed by atoms with van der Waals surface area (Å²) in [4.78, 5) is 42.2. The maximum Gasteiger partial charge on any atom is 0.410 e. The summed E-state index contributed by atoms with van der Waals surface area (Å²) in [6.45, 7) is 8.92. The number of amides is 2. The van der Waals surface area contributed by atoms with E-state index in [0.717, 1.165) is 32.4 Å². The van der Waals surface area contributed by atoms with Crippen LogP contribution in [0.3, 0.4) is 0 Å². The van der Waals surface area contributed by atoms with Gasteiger partial charge in [0.05, 0.1) is 29.3 Å². The Kier molecular flexibility index (Phi) is 6.04. The number of hydrogen-bond donors (Lipinski definition) is 1. The Balaban J connectivity index is 1.22. The number of carbonyl (C=O) groups excluding carboxylic acids is 2. The van der Waals surface area contributed by atoms with E-state index in [0.29, 0.717) is 23.1 Å². The van der Waals surface area contributed by atoms with E-state index in [2.05, 4.69) is 25.2 Å². The lowest BCUT2D eigenvalue weighted by Crippen LogP contribution is -2.47. The number of halogens is 1. The molecular formula is C26H32FN7O3. The zero-order chi connectivity index (χ0) is 26.5. The highest BCUT2D eigenvalue weighted by atomic mass is 19.1. The third-order valence-electron chi connectivity index (χ3n) is 7.13. The fraction of sp³-hybridized carbons (Fsp3) is 0.500. The van der Waals surface area contributed by atoms with Gasteiger partial charge in [0.1, 0.15) is 17.1 Å². The fourth-order valence-corrected chi connectivity index (χ4v) is 5.11. The molecule has 1 saturated heterocycles. The maximum absolute atomic E-state index is 14.3. The first-order chi connectivity index (χ1) is 17.4. The number of hydrogen-bond acceptors (Lipinski definition) is 7. The zero-order valence-electron chi connectivity index (χ0n) is 21.8. The molecule has 1 N–H and O–H groups in total. The Morgan fingerprint density at radius 3 is 2.62 bits per heavy atom. The number of rotatable bonds is 5. The lowest BCUT2D eigenvalue weighted by molar-refractivity contribution is 0.0134. The minimum atomic E-state index is -0.536. The number of pyridine rings is 1. The van der Waals surface area contributed by atoms with Crippen molar-refractivity contribution < 1.29 is 18.7 Å². The van der Waals surface area contributed by atoms with Crippen molar-refractivity contribution in [3.63, 3.8) is 0 Å². The molecule has 3 aromatic heterocycles. The smallest absolute Gasteiger partial charge is 0.410 e. The number of nitrogens with zero attached hydrogens (tertiary/aromatic N) is 6. The molecule has 0 radical (unpaired) electrons. The van der Waals surface area contributed by atoms with Gasteiger partial charge in [0, 0.05) is 44.5 Å². The van der Waals surface area contributed by atoms with Crippen molar-refractivity contribution in [2.75, 3.05) is 30.4 Å². The number of anilines is 2. The van der Waals surface area contributed by atoms with E-state index in [1.54, 1.807) is 30.4 Å². The van der Waals surface area contributed by atoms with Gasteiger partial charge in [-0.05, 0) is 47.0 Å². The molecule has 37 heavy (non-hydrogen) atoms. The molecule has 5 rings (SSSR count). The monoisotopic (exact) mass is 509 g/mol. The van der Waals surface area contributed by atoms with Crippen LogP contribution < -0.4 is 10.2 Å². The quantitative estimate of drug-likeness (QED) is 0.553. The van der Waals surface area contributed by atoms with Gasteiger partial charge in [0.2, 0.25) is 0 Å². The first-order valence-electron chi connectivity index (χ1n) is 12.5. The van der Waals surface area contributed by atoms with Gasteiger partial charge in [-0.15, -0.1) is 0 Å². The number of aryl methyl sites for hydroxylation is 1. The second-order valence-corrected chi connectivity index (χ2v) is 11.0. The molecule has 2 aliphatic rings. The number of imidazole rings is 1. The largest absolute Gasteiger partial charge is 0.444 e. The van der Waals surface area contributed by atoms with Crippen LogP contribution in [0.5, 0.6) is 0 Å². The van der Waals surface area contributed by atoms with Crippen molar-refractivity contribution in [1.29, 1.82) is 0 Å². The molecule has 11 heteroatoms. The Labute approximate surface area is 214 Å². The summed E-state index contributed by atoms with van der Waals surface area (Å²) in [7, 11) is 1.83. The molecule has 1 aliphatic carbocycles. The first kappa shape index (κ1) is 24.9. The normalized spacial score (nSPS) is 18.6. The standard InChI is InChI=1S/C26H32FN7O3/c1-16-13-34-15-18(10-19(27)22(34)30-16)31-23(35)20-11-29-21(12-28-20)33-9-6-17(14-33)26(7-8-26)32(5)24(36)37-25(2,3)4/h10-13,15,17H,6-9,14H2,1-5H3,(H,31,35)/t17-/m1/s1. The molecule has 1 aliphatic heterocycles. The van der Waals surface area contributed by atoms with Gasteiger partial charge >= 0.3 is 6.09 Å². The van der Waals surface area contributed by atoms with E-state index in [9.17, 15) is 14.0 Å². The topological polar surface area (TPSA) is 105 Å². The highest BCUT2D eigenvalue weighted by Crippen LogP contribution is 2.51. The van der Waals surface area contributed by atoms with Gasteiger partial charge in [0.15, 0.2) is 11.5 Å². The fourth-order valence-electron chi connectivity index (χ4n) is 5.11. The third kappa shape index (κ3) is 4.94. The first-order valence-corrected chi connectivity index (χ1v) is 12.5. The molecule has 196 valence electrons. The van der Waals surface area contributed by atoms with E-state index in [1.807, 2.05) is 27.8 Å². The minimum absolute atomic E-state index is 0.130. The molecule has 4 heterocycles. The third-order valence-corrected chi connectivity index (χ3v) is 7.13. The molecule has 0 unspecified atom stereocenters. The molecular weight excluding hydrogens is 477 g/mol. The van der Waals surface area contributed by atoms with Gasteiger partial charge < -0.3 is 24.3 Å². The Morgan fingerprint density at radius 1 is 1.22 bits per heavy atom. The second-order valence-electron chi connectivity index (χ2n) is 11.0. The number of ether oxygens (including phenoxy) is 1. The van der Waals surface area contributed by atoms with E-state index < -0.39 is 17.3 Å². The van der Waals surface area contributed by atoms with Crippen LogP contribution in [0.1, 0.15) is 56.2 Å². The average molecular weight is 510 g/mol.